The maximum Gasteiger partial charge on any atom is 0.175 e. The van der Waals surface area contributed by atoms with Gasteiger partial charge in [-0.1, -0.05) is 0 Å². The standard InChI is InChI=1S/C16H15BrFNO2/c17-14-8-11(9-15-16(14)21-7-1-6-20-15)10-19-13-4-2-12(18)3-5-13/h2-5,8-9,19H,1,6-7,10H2. The van der Waals surface area contributed by atoms with Gasteiger partial charge in [-0.3, -0.25) is 0 Å². The van der Waals surface area contributed by atoms with E-state index in [1.807, 2.05) is 12.1 Å². The van der Waals surface area contributed by atoms with Crippen molar-refractivity contribution >= 4 is 21.6 Å². The lowest BCUT2D eigenvalue weighted by molar-refractivity contribution is 0.296. The molecule has 0 spiro atoms. The molecule has 0 bridgehead atoms. The van der Waals surface area contributed by atoms with Crippen molar-refractivity contribution in [3.05, 3.63) is 52.3 Å². The minimum absolute atomic E-state index is 0.237. The zero-order valence-electron chi connectivity index (χ0n) is 11.4. The summed E-state index contributed by atoms with van der Waals surface area (Å²) in [7, 11) is 0. The van der Waals surface area contributed by atoms with Crippen LogP contribution >= 0.6 is 15.9 Å². The lowest BCUT2D eigenvalue weighted by Gasteiger charge is -2.13. The molecule has 1 aliphatic rings. The van der Waals surface area contributed by atoms with Crippen molar-refractivity contribution in [2.45, 2.75) is 13.0 Å². The number of rotatable bonds is 3. The summed E-state index contributed by atoms with van der Waals surface area (Å²) in [4.78, 5) is 0. The van der Waals surface area contributed by atoms with Crippen LogP contribution in [0.3, 0.4) is 0 Å². The summed E-state index contributed by atoms with van der Waals surface area (Å²) in [5, 5.41) is 3.25. The van der Waals surface area contributed by atoms with Gasteiger partial charge in [0.2, 0.25) is 0 Å². The number of anilines is 1. The molecule has 2 aromatic rings. The van der Waals surface area contributed by atoms with E-state index in [0.717, 1.165) is 33.6 Å². The predicted octanol–water partition coefficient (Wildman–Crippen LogP) is 4.36. The summed E-state index contributed by atoms with van der Waals surface area (Å²) in [6.07, 6.45) is 0.879. The van der Waals surface area contributed by atoms with Crippen molar-refractivity contribution in [2.24, 2.45) is 0 Å². The van der Waals surface area contributed by atoms with Crippen LogP contribution in [0.1, 0.15) is 12.0 Å². The monoisotopic (exact) mass is 351 g/mol. The van der Waals surface area contributed by atoms with Gasteiger partial charge in [-0.25, -0.2) is 4.39 Å². The Morgan fingerprint density at radius 2 is 1.86 bits per heavy atom. The lowest BCUT2D eigenvalue weighted by Crippen LogP contribution is -2.01. The minimum Gasteiger partial charge on any atom is -0.490 e. The summed E-state index contributed by atoms with van der Waals surface area (Å²) < 4.78 is 25.1. The molecular weight excluding hydrogens is 337 g/mol. The molecule has 0 radical (unpaired) electrons. The molecule has 1 aliphatic heterocycles. The van der Waals surface area contributed by atoms with Gasteiger partial charge < -0.3 is 14.8 Å². The Bertz CT molecular complexity index is 631. The van der Waals surface area contributed by atoms with Crippen molar-refractivity contribution in [1.29, 1.82) is 0 Å². The van der Waals surface area contributed by atoms with Gasteiger partial charge in [-0.15, -0.1) is 0 Å². The quantitative estimate of drug-likeness (QED) is 0.890. The van der Waals surface area contributed by atoms with Crippen LogP contribution < -0.4 is 14.8 Å². The fourth-order valence-electron chi connectivity index (χ4n) is 2.16. The number of hydrogen-bond donors (Lipinski definition) is 1. The highest BCUT2D eigenvalue weighted by Gasteiger charge is 2.15. The summed E-state index contributed by atoms with van der Waals surface area (Å²) in [6.45, 7) is 1.95. The highest BCUT2D eigenvalue weighted by molar-refractivity contribution is 9.10. The van der Waals surface area contributed by atoms with Crippen LogP contribution in [0, 0.1) is 5.82 Å². The van der Waals surface area contributed by atoms with E-state index in [1.54, 1.807) is 12.1 Å². The Morgan fingerprint density at radius 1 is 1.10 bits per heavy atom. The minimum atomic E-state index is -0.237. The maximum absolute atomic E-state index is 12.9. The third kappa shape index (κ3) is 3.47. The largest absolute Gasteiger partial charge is 0.490 e. The fraction of sp³-hybridized carbons (Fsp3) is 0.250. The number of fused-ring (bicyclic) bond motifs is 1. The third-order valence-corrected chi connectivity index (χ3v) is 3.79. The Hall–Kier alpha value is -1.75. The molecule has 0 aromatic heterocycles. The maximum atomic E-state index is 12.9. The van der Waals surface area contributed by atoms with Gasteiger partial charge in [0.05, 0.1) is 17.7 Å². The molecule has 3 rings (SSSR count). The molecule has 21 heavy (non-hydrogen) atoms. The fourth-order valence-corrected chi connectivity index (χ4v) is 2.76. The summed E-state index contributed by atoms with van der Waals surface area (Å²) in [5.41, 5.74) is 1.94. The lowest BCUT2D eigenvalue weighted by atomic mass is 10.2. The second-order valence-corrected chi connectivity index (χ2v) is 5.67. The van der Waals surface area contributed by atoms with E-state index in [9.17, 15) is 4.39 Å². The average molecular weight is 352 g/mol. The van der Waals surface area contributed by atoms with Crippen LogP contribution in [0.4, 0.5) is 10.1 Å². The van der Waals surface area contributed by atoms with Crippen LogP contribution in [0.25, 0.3) is 0 Å². The van der Waals surface area contributed by atoms with Crippen LogP contribution in [0.2, 0.25) is 0 Å². The number of benzene rings is 2. The molecule has 0 saturated heterocycles. The van der Waals surface area contributed by atoms with Crippen molar-refractivity contribution in [3.63, 3.8) is 0 Å². The van der Waals surface area contributed by atoms with Gasteiger partial charge in [-0.2, -0.15) is 0 Å². The Balaban J connectivity index is 1.75. The first-order chi connectivity index (χ1) is 10.2. The molecule has 1 heterocycles. The van der Waals surface area contributed by atoms with Gasteiger partial charge in [0.15, 0.2) is 11.5 Å². The van der Waals surface area contributed by atoms with Gasteiger partial charge in [0.25, 0.3) is 0 Å². The van der Waals surface area contributed by atoms with Gasteiger partial charge in [0.1, 0.15) is 5.82 Å². The second-order valence-electron chi connectivity index (χ2n) is 4.82. The van der Waals surface area contributed by atoms with Gasteiger partial charge >= 0.3 is 0 Å². The van der Waals surface area contributed by atoms with E-state index in [1.165, 1.54) is 12.1 Å². The van der Waals surface area contributed by atoms with Crippen LogP contribution in [-0.4, -0.2) is 13.2 Å². The molecule has 0 saturated carbocycles. The van der Waals surface area contributed by atoms with E-state index in [2.05, 4.69) is 21.2 Å². The van der Waals surface area contributed by atoms with E-state index in [4.69, 9.17) is 9.47 Å². The Morgan fingerprint density at radius 3 is 2.67 bits per heavy atom. The van der Waals surface area contributed by atoms with Crippen LogP contribution in [0.15, 0.2) is 40.9 Å². The number of halogens is 2. The van der Waals surface area contributed by atoms with Crippen molar-refractivity contribution < 1.29 is 13.9 Å². The molecule has 0 fully saturated rings. The molecule has 3 nitrogen and oxygen atoms in total. The highest BCUT2D eigenvalue weighted by Crippen LogP contribution is 2.38. The van der Waals surface area contributed by atoms with Crippen molar-refractivity contribution in [2.75, 3.05) is 18.5 Å². The molecule has 1 N–H and O–H groups in total. The SMILES string of the molecule is Fc1ccc(NCc2cc(Br)c3c(c2)OCCCO3)cc1. The topological polar surface area (TPSA) is 30.5 Å². The normalized spacial score (nSPS) is 13.6. The van der Waals surface area contributed by atoms with Crippen LogP contribution in [0.5, 0.6) is 11.5 Å². The number of nitrogens with one attached hydrogen (secondary N) is 1. The summed E-state index contributed by atoms with van der Waals surface area (Å²) in [6, 6.07) is 10.3. The Kier molecular flexibility index (Phi) is 4.29. The molecular formula is C16H15BrFNO2. The second kappa shape index (κ2) is 6.35. The van der Waals surface area contributed by atoms with Crippen molar-refractivity contribution in [3.8, 4) is 11.5 Å². The third-order valence-electron chi connectivity index (χ3n) is 3.20. The van der Waals surface area contributed by atoms with Crippen molar-refractivity contribution in [1.82, 2.24) is 0 Å². The molecule has 0 aliphatic carbocycles. The number of hydrogen-bond acceptors (Lipinski definition) is 3. The van der Waals surface area contributed by atoms with E-state index in [-0.39, 0.29) is 5.82 Å². The first-order valence-corrected chi connectivity index (χ1v) is 7.59. The van der Waals surface area contributed by atoms with Crippen LogP contribution in [-0.2, 0) is 6.54 Å². The molecule has 5 heteroatoms. The predicted molar refractivity (Wildman–Crippen MR) is 83.5 cm³/mol. The number of ether oxygens (including phenoxy) is 2. The zero-order valence-corrected chi connectivity index (χ0v) is 13.0. The highest BCUT2D eigenvalue weighted by atomic mass is 79.9. The molecule has 2 aromatic carbocycles. The average Bonchev–Trinajstić information content (AvgIpc) is 2.72. The van der Waals surface area contributed by atoms with E-state index < -0.39 is 0 Å². The van der Waals surface area contributed by atoms with Gasteiger partial charge in [0, 0.05) is 18.7 Å². The van der Waals surface area contributed by atoms with Gasteiger partial charge in [-0.05, 0) is 57.9 Å². The molecule has 0 unspecified atom stereocenters. The van der Waals surface area contributed by atoms with E-state index in [0.29, 0.717) is 19.8 Å². The summed E-state index contributed by atoms with van der Waals surface area (Å²) in [5.74, 6) is 1.29. The molecule has 110 valence electrons. The first kappa shape index (κ1) is 14.2. The first-order valence-electron chi connectivity index (χ1n) is 6.80. The Labute approximate surface area is 131 Å². The molecule has 0 atom stereocenters. The summed E-state index contributed by atoms with van der Waals surface area (Å²) >= 11 is 3.52. The smallest absolute Gasteiger partial charge is 0.175 e. The van der Waals surface area contributed by atoms with E-state index >= 15 is 0 Å². The zero-order chi connectivity index (χ0) is 14.7. The molecule has 0 amide bonds.